The number of hydrogen-bond donors (Lipinski definition) is 1. The molecule has 0 spiro atoms. The Morgan fingerprint density at radius 2 is 2.33 bits per heavy atom. The summed E-state index contributed by atoms with van der Waals surface area (Å²) < 4.78 is 25.4. The van der Waals surface area contributed by atoms with Crippen LogP contribution in [0.25, 0.3) is 0 Å². The van der Waals surface area contributed by atoms with E-state index in [4.69, 9.17) is 5.73 Å². The van der Waals surface area contributed by atoms with E-state index in [0.29, 0.717) is 13.1 Å². The van der Waals surface area contributed by atoms with Crippen LogP contribution in [0.3, 0.4) is 0 Å². The molecule has 1 saturated heterocycles. The van der Waals surface area contributed by atoms with Crippen LogP contribution in [0, 0.1) is 0 Å². The molecule has 0 saturated carbocycles. The fourth-order valence-corrected chi connectivity index (χ4v) is 3.10. The fraction of sp³-hybridized carbons (Fsp3) is 0.444. The minimum Gasteiger partial charge on any atom is -0.326 e. The maximum absolute atomic E-state index is 12.0. The highest BCUT2D eigenvalue weighted by atomic mass is 32.2. The summed E-state index contributed by atoms with van der Waals surface area (Å²) in [7, 11) is -3.38. The summed E-state index contributed by atoms with van der Waals surface area (Å²) in [6.07, 6.45) is 3.63. The molecule has 1 aliphatic rings. The molecule has 0 radical (unpaired) electrons. The van der Waals surface area contributed by atoms with Gasteiger partial charge < -0.3 is 5.73 Å². The lowest BCUT2D eigenvalue weighted by Gasteiger charge is -2.15. The highest BCUT2D eigenvalue weighted by Crippen LogP contribution is 2.19. The minimum absolute atomic E-state index is 0.0450. The van der Waals surface area contributed by atoms with Crippen molar-refractivity contribution in [1.29, 1.82) is 0 Å². The summed E-state index contributed by atoms with van der Waals surface area (Å²) >= 11 is 0. The molecule has 5 nitrogen and oxygen atoms in total. The fourth-order valence-electron chi connectivity index (χ4n) is 1.62. The molecule has 0 bridgehead atoms. The minimum atomic E-state index is -3.38. The lowest BCUT2D eigenvalue weighted by molar-refractivity contribution is 0.472. The molecule has 1 atom stereocenters. The second-order valence-corrected chi connectivity index (χ2v) is 5.54. The van der Waals surface area contributed by atoms with Crippen LogP contribution in [0.15, 0.2) is 29.4 Å². The van der Waals surface area contributed by atoms with Gasteiger partial charge in [0.15, 0.2) is 0 Å². The Hall–Kier alpha value is -0.980. The van der Waals surface area contributed by atoms with E-state index < -0.39 is 10.0 Å². The highest BCUT2D eigenvalue weighted by molar-refractivity contribution is 7.89. The van der Waals surface area contributed by atoms with Crippen molar-refractivity contribution in [3.8, 4) is 0 Å². The predicted octanol–water partition coefficient (Wildman–Crippen LogP) is -0.197. The lowest BCUT2D eigenvalue weighted by atomic mass is 10.3. The Balaban J connectivity index is 2.28. The van der Waals surface area contributed by atoms with Gasteiger partial charge in [0.25, 0.3) is 0 Å². The highest BCUT2D eigenvalue weighted by Gasteiger charge is 2.30. The Labute approximate surface area is 89.0 Å². The third kappa shape index (κ3) is 2.01. The van der Waals surface area contributed by atoms with Crippen LogP contribution in [0.2, 0.25) is 0 Å². The molecule has 2 heterocycles. The monoisotopic (exact) mass is 227 g/mol. The number of rotatable bonds is 2. The van der Waals surface area contributed by atoms with Gasteiger partial charge >= 0.3 is 0 Å². The van der Waals surface area contributed by atoms with E-state index in [1.807, 2.05) is 0 Å². The maximum Gasteiger partial charge on any atom is 0.244 e. The van der Waals surface area contributed by atoms with E-state index in [1.165, 1.54) is 10.5 Å². The third-order valence-corrected chi connectivity index (χ3v) is 4.31. The molecule has 1 unspecified atom stereocenters. The SMILES string of the molecule is NC1CCN(S(=O)(=O)c2cccnc2)C1. The van der Waals surface area contributed by atoms with Gasteiger partial charge in [-0.05, 0) is 18.6 Å². The van der Waals surface area contributed by atoms with Crippen molar-refractivity contribution in [3.05, 3.63) is 24.5 Å². The first-order valence-corrected chi connectivity index (χ1v) is 6.20. The van der Waals surface area contributed by atoms with Crippen molar-refractivity contribution in [2.75, 3.05) is 13.1 Å². The van der Waals surface area contributed by atoms with Gasteiger partial charge in [-0.2, -0.15) is 4.31 Å². The smallest absolute Gasteiger partial charge is 0.244 e. The van der Waals surface area contributed by atoms with E-state index in [1.54, 1.807) is 18.3 Å². The van der Waals surface area contributed by atoms with Crippen molar-refractivity contribution in [3.63, 3.8) is 0 Å². The van der Waals surface area contributed by atoms with Crippen molar-refractivity contribution >= 4 is 10.0 Å². The molecule has 2 N–H and O–H groups in total. The summed E-state index contributed by atoms with van der Waals surface area (Å²) in [5.74, 6) is 0. The summed E-state index contributed by atoms with van der Waals surface area (Å²) in [6, 6.07) is 3.12. The standard InChI is InChI=1S/C9H13N3O2S/c10-8-3-5-12(7-8)15(13,14)9-2-1-4-11-6-9/h1-2,4,6,8H,3,5,7,10H2. The van der Waals surface area contributed by atoms with Crippen molar-refractivity contribution < 1.29 is 8.42 Å². The maximum atomic E-state index is 12.0. The van der Waals surface area contributed by atoms with Gasteiger partial charge in [0.2, 0.25) is 10.0 Å². The molecule has 1 aromatic rings. The number of pyridine rings is 1. The van der Waals surface area contributed by atoms with E-state index in [2.05, 4.69) is 4.98 Å². The molecule has 6 heteroatoms. The van der Waals surface area contributed by atoms with Gasteiger partial charge in [-0.15, -0.1) is 0 Å². The zero-order valence-corrected chi connectivity index (χ0v) is 9.02. The second kappa shape index (κ2) is 3.88. The molecule has 15 heavy (non-hydrogen) atoms. The van der Waals surface area contributed by atoms with E-state index in [-0.39, 0.29) is 10.9 Å². The van der Waals surface area contributed by atoms with E-state index in [9.17, 15) is 8.42 Å². The van der Waals surface area contributed by atoms with Crippen molar-refractivity contribution in [2.24, 2.45) is 5.73 Å². The third-order valence-electron chi connectivity index (χ3n) is 2.46. The molecule has 0 aromatic carbocycles. The summed E-state index contributed by atoms with van der Waals surface area (Å²) in [6.45, 7) is 0.898. The molecule has 82 valence electrons. The molecule has 1 aliphatic heterocycles. The van der Waals surface area contributed by atoms with Gasteiger partial charge in [-0.25, -0.2) is 8.42 Å². The first-order chi connectivity index (χ1) is 7.10. The number of nitrogens with zero attached hydrogens (tertiary/aromatic N) is 2. The molecular weight excluding hydrogens is 214 g/mol. The van der Waals surface area contributed by atoms with Crippen LogP contribution in [-0.2, 0) is 10.0 Å². The van der Waals surface area contributed by atoms with Crippen LogP contribution in [-0.4, -0.2) is 36.8 Å². The quantitative estimate of drug-likeness (QED) is 0.759. The van der Waals surface area contributed by atoms with Crippen LogP contribution >= 0.6 is 0 Å². The topological polar surface area (TPSA) is 76.3 Å². The van der Waals surface area contributed by atoms with Crippen molar-refractivity contribution in [1.82, 2.24) is 9.29 Å². The predicted molar refractivity (Wildman–Crippen MR) is 55.6 cm³/mol. The van der Waals surface area contributed by atoms with Crippen LogP contribution in [0.1, 0.15) is 6.42 Å². The Kier molecular flexibility index (Phi) is 2.72. The van der Waals surface area contributed by atoms with E-state index >= 15 is 0 Å². The first kappa shape index (κ1) is 10.5. The van der Waals surface area contributed by atoms with Gasteiger partial charge in [0.1, 0.15) is 4.90 Å². The van der Waals surface area contributed by atoms with Crippen LogP contribution < -0.4 is 5.73 Å². The molecule has 1 aromatic heterocycles. The van der Waals surface area contributed by atoms with Crippen LogP contribution in [0.4, 0.5) is 0 Å². The molecule has 1 fully saturated rings. The Bertz CT molecular complexity index is 432. The number of aromatic nitrogens is 1. The second-order valence-electron chi connectivity index (χ2n) is 3.60. The first-order valence-electron chi connectivity index (χ1n) is 4.76. The van der Waals surface area contributed by atoms with Gasteiger partial charge in [-0.1, -0.05) is 0 Å². The molecule has 2 rings (SSSR count). The average molecular weight is 227 g/mol. The number of nitrogens with two attached hydrogens (primary N) is 1. The Morgan fingerprint density at radius 3 is 2.87 bits per heavy atom. The number of hydrogen-bond acceptors (Lipinski definition) is 4. The van der Waals surface area contributed by atoms with Gasteiger partial charge in [0.05, 0.1) is 0 Å². The largest absolute Gasteiger partial charge is 0.326 e. The van der Waals surface area contributed by atoms with Crippen molar-refractivity contribution in [2.45, 2.75) is 17.4 Å². The molecular formula is C9H13N3O2S. The van der Waals surface area contributed by atoms with Gasteiger partial charge in [-0.3, -0.25) is 4.98 Å². The van der Waals surface area contributed by atoms with E-state index in [0.717, 1.165) is 6.42 Å². The summed E-state index contributed by atoms with van der Waals surface area (Å²) in [5.41, 5.74) is 5.68. The lowest BCUT2D eigenvalue weighted by Crippen LogP contribution is -2.31. The zero-order chi connectivity index (χ0) is 10.9. The average Bonchev–Trinajstić information content (AvgIpc) is 2.67. The normalized spacial score (nSPS) is 23.1. The molecule has 0 aliphatic carbocycles. The zero-order valence-electron chi connectivity index (χ0n) is 8.20. The molecule has 0 amide bonds. The summed E-state index contributed by atoms with van der Waals surface area (Å²) in [5, 5.41) is 0. The number of sulfonamides is 1. The van der Waals surface area contributed by atoms with Gasteiger partial charge in [0, 0.05) is 31.5 Å². The van der Waals surface area contributed by atoms with Crippen LogP contribution in [0.5, 0.6) is 0 Å². The summed E-state index contributed by atoms with van der Waals surface area (Å²) in [4.78, 5) is 4.04. The Morgan fingerprint density at radius 1 is 1.53 bits per heavy atom.